The van der Waals surface area contributed by atoms with Crippen molar-refractivity contribution in [2.24, 2.45) is 5.73 Å². The first-order valence-corrected chi connectivity index (χ1v) is 13.4. The lowest BCUT2D eigenvalue weighted by molar-refractivity contribution is 0.100. The molecular weight excluding hydrogens is 474 g/mol. The van der Waals surface area contributed by atoms with Gasteiger partial charge in [-0.05, 0) is 101 Å². The predicted molar refractivity (Wildman–Crippen MR) is 155 cm³/mol. The minimum absolute atomic E-state index is 0.0453. The van der Waals surface area contributed by atoms with Crippen LogP contribution < -0.4 is 11.3 Å². The lowest BCUT2D eigenvalue weighted by Crippen LogP contribution is -2.18. The van der Waals surface area contributed by atoms with E-state index in [-0.39, 0.29) is 11.6 Å². The van der Waals surface area contributed by atoms with Gasteiger partial charge in [-0.2, -0.15) is 5.10 Å². The van der Waals surface area contributed by atoms with E-state index in [2.05, 4.69) is 61.0 Å². The number of carbonyl (C=O) groups excluding carboxylic acids is 1. The third-order valence-corrected chi connectivity index (χ3v) is 6.89. The molecule has 4 aromatic rings. The van der Waals surface area contributed by atoms with Crippen molar-refractivity contribution in [2.45, 2.75) is 66.0 Å². The molecule has 4 rings (SSSR count). The highest BCUT2D eigenvalue weighted by atomic mass is 16.1. The number of pyridine rings is 1. The maximum Gasteiger partial charge on any atom is 0.251 e. The van der Waals surface area contributed by atoms with Crippen LogP contribution in [0.5, 0.6) is 0 Å². The molecule has 7 heteroatoms. The molecule has 0 bridgehead atoms. The Bertz CT molecular complexity index is 1530. The van der Waals surface area contributed by atoms with E-state index < -0.39 is 5.91 Å². The number of nitrogens with one attached hydrogen (secondary N) is 1. The molecule has 200 valence electrons. The fourth-order valence-electron chi connectivity index (χ4n) is 5.28. The summed E-state index contributed by atoms with van der Waals surface area (Å²) in [6, 6.07) is 14.5. The Morgan fingerprint density at radius 1 is 1.08 bits per heavy atom. The maximum atomic E-state index is 12.8. The molecule has 3 N–H and O–H groups in total. The molecule has 2 aromatic carbocycles. The van der Waals surface area contributed by atoms with Crippen molar-refractivity contribution in [3.8, 4) is 11.1 Å². The maximum absolute atomic E-state index is 12.8. The Kier molecular flexibility index (Phi) is 8.17. The molecule has 0 fully saturated rings. The summed E-state index contributed by atoms with van der Waals surface area (Å²) in [4.78, 5) is 30.7. The van der Waals surface area contributed by atoms with E-state index in [1.807, 2.05) is 37.8 Å². The van der Waals surface area contributed by atoms with Gasteiger partial charge in [0, 0.05) is 29.2 Å². The highest BCUT2D eigenvalue weighted by molar-refractivity contribution is 6.08. The summed E-state index contributed by atoms with van der Waals surface area (Å²) in [5.41, 5.74) is 13.9. The molecule has 0 aliphatic carbocycles. The Hall–Kier alpha value is -3.71. The van der Waals surface area contributed by atoms with Gasteiger partial charge in [0.1, 0.15) is 0 Å². The second kappa shape index (κ2) is 11.4. The number of fused-ring (bicyclic) bond motifs is 1. The number of nitrogens with two attached hydrogens (primary N) is 1. The van der Waals surface area contributed by atoms with Crippen LogP contribution in [-0.2, 0) is 25.8 Å². The Morgan fingerprint density at radius 2 is 1.84 bits per heavy atom. The quantitative estimate of drug-likeness (QED) is 0.305. The molecule has 0 aliphatic rings. The number of aryl methyl sites for hydroxylation is 3. The number of nitrogens with zero attached hydrogens (tertiary/aromatic N) is 3. The van der Waals surface area contributed by atoms with Crippen molar-refractivity contribution < 1.29 is 4.79 Å². The van der Waals surface area contributed by atoms with E-state index in [1.165, 1.54) is 5.56 Å². The summed E-state index contributed by atoms with van der Waals surface area (Å²) in [6.07, 6.45) is 2.90. The number of hydrogen-bond donors (Lipinski definition) is 2. The number of H-pyrrole nitrogens is 1. The second-order valence-electron chi connectivity index (χ2n) is 10.7. The summed E-state index contributed by atoms with van der Waals surface area (Å²) in [5, 5.41) is 5.73. The van der Waals surface area contributed by atoms with Gasteiger partial charge >= 0.3 is 0 Å². The van der Waals surface area contributed by atoms with Crippen LogP contribution in [0.15, 0.2) is 47.3 Å². The lowest BCUT2D eigenvalue weighted by atomic mass is 9.95. The van der Waals surface area contributed by atoms with E-state index >= 15 is 0 Å². The van der Waals surface area contributed by atoms with Gasteiger partial charge in [-0.1, -0.05) is 31.5 Å². The molecule has 38 heavy (non-hydrogen) atoms. The van der Waals surface area contributed by atoms with Crippen LogP contribution in [0.25, 0.3) is 22.0 Å². The van der Waals surface area contributed by atoms with Crippen molar-refractivity contribution in [3.05, 3.63) is 86.5 Å². The minimum atomic E-state index is -0.481. The van der Waals surface area contributed by atoms with Gasteiger partial charge in [0.25, 0.3) is 5.56 Å². The number of aromatic amines is 1. The molecule has 0 unspecified atom stereocenters. The van der Waals surface area contributed by atoms with Gasteiger partial charge in [0.05, 0.1) is 16.8 Å². The number of hydrogen-bond acceptors (Lipinski definition) is 4. The number of rotatable bonds is 10. The largest absolute Gasteiger partial charge is 0.366 e. The Morgan fingerprint density at radius 3 is 2.50 bits per heavy atom. The van der Waals surface area contributed by atoms with E-state index in [9.17, 15) is 9.59 Å². The molecule has 0 spiro atoms. The van der Waals surface area contributed by atoms with Crippen molar-refractivity contribution >= 4 is 16.8 Å². The van der Waals surface area contributed by atoms with Crippen LogP contribution >= 0.6 is 0 Å². The molecular formula is C31H39N5O2. The number of amides is 1. The van der Waals surface area contributed by atoms with Crippen molar-refractivity contribution in [3.63, 3.8) is 0 Å². The summed E-state index contributed by atoms with van der Waals surface area (Å²) >= 11 is 0. The molecule has 2 aromatic heterocycles. The van der Waals surface area contributed by atoms with Crippen LogP contribution in [0.2, 0.25) is 0 Å². The first kappa shape index (κ1) is 27.3. The first-order chi connectivity index (χ1) is 18.1. The fraction of sp³-hybridized carbons (Fsp3) is 0.387. The van der Waals surface area contributed by atoms with E-state index in [4.69, 9.17) is 10.8 Å². The van der Waals surface area contributed by atoms with Crippen LogP contribution in [-0.4, -0.2) is 39.7 Å². The van der Waals surface area contributed by atoms with Crippen molar-refractivity contribution in [1.29, 1.82) is 0 Å². The molecule has 0 aliphatic heterocycles. The fourth-order valence-corrected chi connectivity index (χ4v) is 5.28. The predicted octanol–water partition coefficient (Wildman–Crippen LogP) is 5.18. The van der Waals surface area contributed by atoms with Crippen LogP contribution in [0.3, 0.4) is 0 Å². The van der Waals surface area contributed by atoms with Crippen molar-refractivity contribution in [1.82, 2.24) is 19.7 Å². The standard InChI is InChI=1S/C31H39N5O2/c1-7-9-23-14-20(4)33-31(38)25(23)12-13-27-29-26(30(32)37)16-24(17-28(29)36(34-27)19(2)3)22-11-8-10-21(15-22)18-35(5)6/h8,10-11,14-17,19H,7,9,12-13,18H2,1-6H3,(H2,32,37)(H,33,38). The van der Waals surface area contributed by atoms with Gasteiger partial charge in [-0.25, -0.2) is 0 Å². The normalized spacial score (nSPS) is 11.7. The number of primary amides is 1. The van der Waals surface area contributed by atoms with E-state index in [1.54, 1.807) is 0 Å². The van der Waals surface area contributed by atoms with E-state index in [0.29, 0.717) is 18.4 Å². The minimum Gasteiger partial charge on any atom is -0.366 e. The highest BCUT2D eigenvalue weighted by Gasteiger charge is 2.21. The average molecular weight is 514 g/mol. The zero-order valence-electron chi connectivity index (χ0n) is 23.4. The summed E-state index contributed by atoms with van der Waals surface area (Å²) in [6.45, 7) is 9.01. The molecule has 0 atom stereocenters. The molecule has 0 saturated heterocycles. The van der Waals surface area contributed by atoms with Gasteiger partial charge in [-0.15, -0.1) is 0 Å². The number of benzene rings is 2. The molecule has 2 heterocycles. The molecule has 1 amide bonds. The second-order valence-corrected chi connectivity index (χ2v) is 10.7. The zero-order valence-corrected chi connectivity index (χ0v) is 23.4. The van der Waals surface area contributed by atoms with Crippen molar-refractivity contribution in [2.75, 3.05) is 14.1 Å². The number of aromatic nitrogens is 3. The van der Waals surface area contributed by atoms with Gasteiger partial charge in [0.15, 0.2) is 0 Å². The Balaban J connectivity index is 1.83. The smallest absolute Gasteiger partial charge is 0.251 e. The van der Waals surface area contributed by atoms with Crippen LogP contribution in [0, 0.1) is 6.92 Å². The van der Waals surface area contributed by atoms with Crippen LogP contribution in [0.1, 0.15) is 71.7 Å². The molecule has 7 nitrogen and oxygen atoms in total. The van der Waals surface area contributed by atoms with Gasteiger partial charge < -0.3 is 15.6 Å². The van der Waals surface area contributed by atoms with Crippen LogP contribution in [0.4, 0.5) is 0 Å². The summed E-state index contributed by atoms with van der Waals surface area (Å²) in [5.74, 6) is -0.481. The lowest BCUT2D eigenvalue weighted by Gasteiger charge is -2.13. The first-order valence-electron chi connectivity index (χ1n) is 13.4. The molecule has 0 radical (unpaired) electrons. The Labute approximate surface area is 224 Å². The van der Waals surface area contributed by atoms with Gasteiger partial charge in [-0.3, -0.25) is 14.3 Å². The summed E-state index contributed by atoms with van der Waals surface area (Å²) in [7, 11) is 4.09. The average Bonchev–Trinajstić information content (AvgIpc) is 3.21. The highest BCUT2D eigenvalue weighted by Crippen LogP contribution is 2.32. The number of carbonyl (C=O) groups is 1. The van der Waals surface area contributed by atoms with E-state index in [0.717, 1.165) is 63.9 Å². The third-order valence-electron chi connectivity index (χ3n) is 6.89. The monoisotopic (exact) mass is 513 g/mol. The van der Waals surface area contributed by atoms with Gasteiger partial charge in [0.2, 0.25) is 5.91 Å². The zero-order chi connectivity index (χ0) is 27.6. The topological polar surface area (TPSA) is 97.0 Å². The third kappa shape index (κ3) is 5.73. The molecule has 0 saturated carbocycles. The SMILES string of the molecule is CCCc1cc(C)[nH]c(=O)c1CCc1nn(C(C)C)c2cc(-c3cccc(CN(C)C)c3)cc(C(N)=O)c12. The summed E-state index contributed by atoms with van der Waals surface area (Å²) < 4.78 is 1.97.